The van der Waals surface area contributed by atoms with Gasteiger partial charge in [-0.15, -0.1) is 12.4 Å². The molecule has 2 N–H and O–H groups in total. The van der Waals surface area contributed by atoms with Crippen molar-refractivity contribution >= 4 is 53.1 Å². The zero-order chi connectivity index (χ0) is 18.8. The highest BCUT2D eigenvalue weighted by molar-refractivity contribution is 6.42. The maximum Gasteiger partial charge on any atom is 0.253 e. The number of halogens is 4. The summed E-state index contributed by atoms with van der Waals surface area (Å²) in [4.78, 5) is 14.7. The Bertz CT molecular complexity index is 800. The summed E-state index contributed by atoms with van der Waals surface area (Å²) in [5.41, 5.74) is 1.63. The van der Waals surface area contributed by atoms with Gasteiger partial charge in [0.2, 0.25) is 0 Å². The van der Waals surface area contributed by atoms with Gasteiger partial charge in [0.15, 0.2) is 0 Å². The minimum Gasteiger partial charge on any atom is -0.338 e. The number of hydrazine groups is 1. The Hall–Kier alpha value is -1.01. The molecule has 2 atom stereocenters. The molecular formula is C19H21Cl4N3O. The smallest absolute Gasteiger partial charge is 0.253 e. The Labute approximate surface area is 180 Å². The van der Waals surface area contributed by atoms with Crippen molar-refractivity contribution in [2.24, 2.45) is 5.84 Å². The molecule has 0 bridgehead atoms. The molecular weight excluding hydrogens is 428 g/mol. The Morgan fingerprint density at radius 2 is 1.78 bits per heavy atom. The van der Waals surface area contributed by atoms with Crippen LogP contribution in [-0.2, 0) is 0 Å². The van der Waals surface area contributed by atoms with Gasteiger partial charge in [0.1, 0.15) is 0 Å². The Morgan fingerprint density at radius 1 is 1.11 bits per heavy atom. The van der Waals surface area contributed by atoms with Crippen LogP contribution < -0.4 is 5.84 Å². The Kier molecular flexibility index (Phi) is 7.81. The van der Waals surface area contributed by atoms with Crippen LogP contribution in [0.25, 0.3) is 0 Å². The summed E-state index contributed by atoms with van der Waals surface area (Å²) in [7, 11) is 1.83. The molecule has 2 aromatic carbocycles. The standard InChI is InChI=1S/C19H20Cl3N3O.ClH/c1-24(19(26)12-2-5-14(20)6-3-12)18-8-9-25(23)11-15(18)13-4-7-16(21)17(22)10-13;/h2-7,10,15,18H,8-9,11,23H2,1H3;1H/t15-,18+;/m0./s1. The molecule has 1 saturated heterocycles. The van der Waals surface area contributed by atoms with Crippen LogP contribution in [-0.4, -0.2) is 42.0 Å². The fourth-order valence-electron chi connectivity index (χ4n) is 3.45. The summed E-state index contributed by atoms with van der Waals surface area (Å²) < 4.78 is 0. The van der Waals surface area contributed by atoms with Crippen molar-refractivity contribution in [3.05, 3.63) is 68.7 Å². The van der Waals surface area contributed by atoms with Gasteiger partial charge in [0.25, 0.3) is 5.91 Å². The molecule has 0 radical (unpaired) electrons. The molecule has 0 aromatic heterocycles. The van der Waals surface area contributed by atoms with E-state index in [0.717, 1.165) is 18.5 Å². The van der Waals surface area contributed by atoms with E-state index in [1.807, 2.05) is 19.2 Å². The van der Waals surface area contributed by atoms with E-state index in [0.29, 0.717) is 27.2 Å². The van der Waals surface area contributed by atoms with Crippen LogP contribution >= 0.6 is 47.2 Å². The predicted molar refractivity (Wildman–Crippen MR) is 114 cm³/mol. The van der Waals surface area contributed by atoms with Crippen molar-refractivity contribution in [2.75, 3.05) is 20.1 Å². The lowest BCUT2D eigenvalue weighted by Crippen LogP contribution is -2.52. The molecule has 1 heterocycles. The zero-order valence-corrected chi connectivity index (χ0v) is 17.8. The topological polar surface area (TPSA) is 49.6 Å². The van der Waals surface area contributed by atoms with Crippen molar-refractivity contribution in [1.82, 2.24) is 9.91 Å². The van der Waals surface area contributed by atoms with E-state index in [2.05, 4.69) is 0 Å². The summed E-state index contributed by atoms with van der Waals surface area (Å²) in [6.07, 6.45) is 0.775. The average molecular weight is 449 g/mol. The van der Waals surface area contributed by atoms with Crippen molar-refractivity contribution in [3.8, 4) is 0 Å². The first-order chi connectivity index (χ1) is 12.4. The number of hydrogen-bond donors (Lipinski definition) is 1. The van der Waals surface area contributed by atoms with Gasteiger partial charge in [-0.05, 0) is 48.4 Å². The minimum absolute atomic E-state index is 0. The summed E-state index contributed by atoms with van der Waals surface area (Å²) in [5, 5.41) is 3.40. The Balaban J connectivity index is 0.00000261. The third-order valence-electron chi connectivity index (χ3n) is 4.89. The van der Waals surface area contributed by atoms with Gasteiger partial charge >= 0.3 is 0 Å². The van der Waals surface area contributed by atoms with Gasteiger partial charge in [-0.2, -0.15) is 0 Å². The SMILES string of the molecule is CN(C(=O)c1ccc(Cl)cc1)[C@@H]1CCN(N)C[C@H]1c1ccc(Cl)c(Cl)c1.Cl. The highest BCUT2D eigenvalue weighted by atomic mass is 35.5. The molecule has 0 unspecified atom stereocenters. The van der Waals surface area contributed by atoms with Gasteiger partial charge in [-0.3, -0.25) is 10.6 Å². The van der Waals surface area contributed by atoms with Gasteiger partial charge in [-0.25, -0.2) is 5.01 Å². The summed E-state index contributed by atoms with van der Waals surface area (Å²) in [6.45, 7) is 1.36. The number of carbonyl (C=O) groups is 1. The highest BCUT2D eigenvalue weighted by Gasteiger charge is 2.34. The number of hydrogen-bond acceptors (Lipinski definition) is 3. The van der Waals surface area contributed by atoms with Crippen LogP contribution in [0.3, 0.4) is 0 Å². The molecule has 1 amide bonds. The number of nitrogens with zero attached hydrogens (tertiary/aromatic N) is 2. The first-order valence-corrected chi connectivity index (χ1v) is 9.47. The second kappa shape index (κ2) is 9.46. The summed E-state index contributed by atoms with van der Waals surface area (Å²) in [6, 6.07) is 12.5. The fraction of sp³-hybridized carbons (Fsp3) is 0.316. The van der Waals surface area contributed by atoms with E-state index < -0.39 is 0 Å². The molecule has 0 spiro atoms. The maximum absolute atomic E-state index is 12.9. The van der Waals surface area contributed by atoms with Crippen molar-refractivity contribution in [2.45, 2.75) is 18.4 Å². The molecule has 8 heteroatoms. The molecule has 1 aliphatic heterocycles. The van der Waals surface area contributed by atoms with E-state index >= 15 is 0 Å². The normalized spacial score (nSPS) is 20.0. The van der Waals surface area contributed by atoms with E-state index in [-0.39, 0.29) is 30.3 Å². The fourth-order valence-corrected chi connectivity index (χ4v) is 3.88. The highest BCUT2D eigenvalue weighted by Crippen LogP contribution is 2.33. The number of nitrogens with two attached hydrogens (primary N) is 1. The minimum atomic E-state index is -0.0396. The number of piperidine rings is 1. The van der Waals surface area contributed by atoms with Crippen molar-refractivity contribution < 1.29 is 4.79 Å². The largest absolute Gasteiger partial charge is 0.338 e. The monoisotopic (exact) mass is 447 g/mol. The molecule has 0 saturated carbocycles. The van der Waals surface area contributed by atoms with E-state index in [4.69, 9.17) is 40.6 Å². The van der Waals surface area contributed by atoms with Crippen LogP contribution in [0.2, 0.25) is 15.1 Å². The van der Waals surface area contributed by atoms with Crippen LogP contribution in [0.4, 0.5) is 0 Å². The molecule has 2 aromatic rings. The van der Waals surface area contributed by atoms with Crippen LogP contribution in [0.5, 0.6) is 0 Å². The number of likely N-dealkylation sites (N-methyl/N-ethyl adjacent to an activating group) is 1. The lowest BCUT2D eigenvalue weighted by molar-refractivity contribution is 0.0591. The number of benzene rings is 2. The zero-order valence-electron chi connectivity index (χ0n) is 14.7. The first-order valence-electron chi connectivity index (χ1n) is 8.34. The third kappa shape index (κ3) is 5.08. The molecule has 4 nitrogen and oxygen atoms in total. The van der Waals surface area contributed by atoms with Crippen LogP contribution in [0.15, 0.2) is 42.5 Å². The van der Waals surface area contributed by atoms with E-state index in [1.165, 1.54) is 0 Å². The molecule has 1 aliphatic rings. The number of amides is 1. The van der Waals surface area contributed by atoms with E-state index in [1.54, 1.807) is 40.2 Å². The van der Waals surface area contributed by atoms with Gasteiger partial charge in [-0.1, -0.05) is 40.9 Å². The summed E-state index contributed by atoms with van der Waals surface area (Å²) in [5.74, 6) is 6.06. The number of carbonyl (C=O) groups excluding carboxylic acids is 1. The predicted octanol–water partition coefficient (Wildman–Crippen LogP) is 4.87. The molecule has 3 rings (SSSR count). The molecule has 1 fully saturated rings. The first kappa shape index (κ1) is 22.3. The second-order valence-corrected chi connectivity index (χ2v) is 7.80. The van der Waals surface area contributed by atoms with Gasteiger partial charge in [0.05, 0.1) is 10.0 Å². The maximum atomic E-state index is 12.9. The lowest BCUT2D eigenvalue weighted by Gasteiger charge is -2.41. The quantitative estimate of drug-likeness (QED) is 0.681. The van der Waals surface area contributed by atoms with Gasteiger partial charge < -0.3 is 4.90 Å². The molecule has 146 valence electrons. The Morgan fingerprint density at radius 3 is 2.41 bits per heavy atom. The van der Waals surface area contributed by atoms with Crippen molar-refractivity contribution in [3.63, 3.8) is 0 Å². The number of rotatable bonds is 3. The van der Waals surface area contributed by atoms with Gasteiger partial charge in [0, 0.05) is 42.7 Å². The lowest BCUT2D eigenvalue weighted by atomic mass is 9.85. The van der Waals surface area contributed by atoms with Crippen LogP contribution in [0.1, 0.15) is 28.3 Å². The third-order valence-corrected chi connectivity index (χ3v) is 5.88. The molecule has 0 aliphatic carbocycles. The van der Waals surface area contributed by atoms with Crippen LogP contribution in [0, 0.1) is 0 Å². The van der Waals surface area contributed by atoms with Crippen molar-refractivity contribution in [1.29, 1.82) is 0 Å². The van der Waals surface area contributed by atoms with E-state index in [9.17, 15) is 4.79 Å². The average Bonchev–Trinajstić information content (AvgIpc) is 2.63. The summed E-state index contributed by atoms with van der Waals surface area (Å²) >= 11 is 18.2. The second-order valence-electron chi connectivity index (χ2n) is 6.55. The molecule has 27 heavy (non-hydrogen) atoms.